The Morgan fingerprint density at radius 2 is 1.92 bits per heavy atom. The standard InChI is InChI=1S/C26H25NO4.CH4O3S/c28-18-8-7-15-11-20-26(29)12-17-16-3-1-2-4-19(16)30-22(17)24-25(26,21(15)23(18)31-24)9-10-27(20)13-14-5-6-14;1-5(2,3)4/h1-4,7-8,14,20,24,28-29H,5-6,9-13H2;1H3,(H,2,3,4). The van der Waals surface area contributed by atoms with Gasteiger partial charge in [-0.15, -0.1) is 0 Å². The maximum atomic E-state index is 12.7. The summed E-state index contributed by atoms with van der Waals surface area (Å²) in [5, 5.41) is 24.5. The van der Waals surface area contributed by atoms with Gasteiger partial charge in [-0.1, -0.05) is 24.3 Å². The Balaban J connectivity index is 0.000000406. The van der Waals surface area contributed by atoms with Gasteiger partial charge in [-0.25, -0.2) is 0 Å². The smallest absolute Gasteiger partial charge is 0.261 e. The summed E-state index contributed by atoms with van der Waals surface area (Å²) >= 11 is 0. The number of aliphatic hydroxyl groups is 1. The van der Waals surface area contributed by atoms with Gasteiger partial charge in [-0.2, -0.15) is 8.42 Å². The lowest BCUT2D eigenvalue weighted by atomic mass is 9.49. The van der Waals surface area contributed by atoms with E-state index >= 15 is 0 Å². The van der Waals surface area contributed by atoms with Crippen LogP contribution in [0.1, 0.15) is 47.8 Å². The molecule has 9 heteroatoms. The largest absolute Gasteiger partial charge is 0.504 e. The Morgan fingerprint density at radius 1 is 1.17 bits per heavy atom. The average molecular weight is 512 g/mol. The molecule has 3 aromatic rings. The van der Waals surface area contributed by atoms with Gasteiger partial charge in [0.1, 0.15) is 11.3 Å². The van der Waals surface area contributed by atoms with Gasteiger partial charge in [0.05, 0.1) is 17.3 Å². The van der Waals surface area contributed by atoms with Gasteiger partial charge in [0, 0.05) is 35.5 Å². The number of ether oxygens (including phenoxy) is 1. The van der Waals surface area contributed by atoms with E-state index in [1.165, 1.54) is 18.4 Å². The molecule has 3 heterocycles. The average Bonchev–Trinajstić information content (AvgIpc) is 3.44. The third kappa shape index (κ3) is 3.00. The van der Waals surface area contributed by atoms with Crippen LogP contribution in [-0.4, -0.2) is 59.1 Å². The summed E-state index contributed by atoms with van der Waals surface area (Å²) in [6.07, 6.45) is 5.12. The number of para-hydroxylation sites is 1. The summed E-state index contributed by atoms with van der Waals surface area (Å²) in [4.78, 5) is 2.56. The van der Waals surface area contributed by atoms with Crippen LogP contribution < -0.4 is 4.74 Å². The van der Waals surface area contributed by atoms with E-state index in [2.05, 4.69) is 11.0 Å². The molecule has 0 amide bonds. The maximum Gasteiger partial charge on any atom is 0.261 e. The molecule has 2 bridgehead atoms. The van der Waals surface area contributed by atoms with Gasteiger partial charge in [-0.3, -0.25) is 9.45 Å². The Hall–Kier alpha value is -2.59. The van der Waals surface area contributed by atoms with Crippen LogP contribution in [-0.2, 0) is 28.4 Å². The maximum absolute atomic E-state index is 12.7. The molecular weight excluding hydrogens is 482 g/mol. The lowest BCUT2D eigenvalue weighted by Crippen LogP contribution is -2.74. The predicted octanol–water partition coefficient (Wildman–Crippen LogP) is 3.34. The SMILES string of the molecule is CS(=O)(=O)O.Oc1ccc2c3c1OC1c4oc5ccccc5c4CC4(O)C(C2)N(CC2CC2)CCC314. The molecule has 3 N–H and O–H groups in total. The van der Waals surface area contributed by atoms with Crippen LogP contribution in [0.15, 0.2) is 40.8 Å². The van der Waals surface area contributed by atoms with Gasteiger partial charge in [0.2, 0.25) is 0 Å². The molecule has 1 saturated carbocycles. The fraction of sp³-hybridized carbons (Fsp3) is 0.481. The molecule has 0 radical (unpaired) electrons. The normalized spacial score (nSPS) is 31.8. The number of phenols is 1. The van der Waals surface area contributed by atoms with E-state index < -0.39 is 27.2 Å². The molecule has 2 aliphatic heterocycles. The van der Waals surface area contributed by atoms with Gasteiger partial charge >= 0.3 is 0 Å². The van der Waals surface area contributed by atoms with Crippen molar-refractivity contribution in [2.45, 2.75) is 55.3 Å². The third-order valence-electron chi connectivity index (χ3n) is 8.93. The first-order valence-corrected chi connectivity index (χ1v) is 14.4. The molecule has 190 valence electrons. The minimum atomic E-state index is -3.67. The number of nitrogens with zero attached hydrogens (tertiary/aromatic N) is 1. The van der Waals surface area contributed by atoms with Crippen LogP contribution in [0.2, 0.25) is 0 Å². The van der Waals surface area contributed by atoms with Crippen LogP contribution in [0.25, 0.3) is 11.0 Å². The predicted molar refractivity (Wildman–Crippen MR) is 132 cm³/mol. The van der Waals surface area contributed by atoms with E-state index in [-0.39, 0.29) is 11.8 Å². The molecule has 4 unspecified atom stereocenters. The number of aromatic hydroxyl groups is 1. The summed E-state index contributed by atoms with van der Waals surface area (Å²) < 4.78 is 38.8. The number of likely N-dealkylation sites (tertiary alicyclic amines) is 1. The third-order valence-corrected chi connectivity index (χ3v) is 8.93. The highest BCUT2D eigenvalue weighted by molar-refractivity contribution is 7.85. The second kappa shape index (κ2) is 7.25. The second-order valence-corrected chi connectivity index (χ2v) is 12.6. The van der Waals surface area contributed by atoms with E-state index in [1.54, 1.807) is 6.07 Å². The zero-order valence-corrected chi connectivity index (χ0v) is 20.8. The number of furan rings is 1. The molecule has 2 aromatic carbocycles. The zero-order valence-electron chi connectivity index (χ0n) is 20.0. The number of benzene rings is 2. The summed E-state index contributed by atoms with van der Waals surface area (Å²) in [5.41, 5.74) is 2.65. The topological polar surface area (TPSA) is 120 Å². The highest BCUT2D eigenvalue weighted by Gasteiger charge is 2.73. The van der Waals surface area contributed by atoms with E-state index in [9.17, 15) is 18.6 Å². The van der Waals surface area contributed by atoms with Crippen molar-refractivity contribution in [2.75, 3.05) is 19.3 Å². The number of fused-ring (bicyclic) bond motifs is 4. The zero-order chi connectivity index (χ0) is 25.0. The van der Waals surface area contributed by atoms with Crippen LogP contribution in [0, 0.1) is 5.92 Å². The van der Waals surface area contributed by atoms with Crippen molar-refractivity contribution in [3.63, 3.8) is 0 Å². The minimum Gasteiger partial charge on any atom is -0.504 e. The first-order valence-electron chi connectivity index (χ1n) is 12.5. The van der Waals surface area contributed by atoms with E-state index in [1.807, 2.05) is 24.3 Å². The van der Waals surface area contributed by atoms with E-state index in [0.717, 1.165) is 59.7 Å². The molecule has 1 aromatic heterocycles. The molecule has 5 aliphatic rings. The molecule has 1 spiro atoms. The monoisotopic (exact) mass is 511 g/mol. The van der Waals surface area contributed by atoms with Gasteiger partial charge in [0.25, 0.3) is 10.1 Å². The lowest BCUT2D eigenvalue weighted by molar-refractivity contribution is -0.175. The molecule has 2 fully saturated rings. The molecule has 8 rings (SSSR count). The Morgan fingerprint density at radius 3 is 2.67 bits per heavy atom. The number of piperidine rings is 1. The van der Waals surface area contributed by atoms with E-state index in [0.29, 0.717) is 18.4 Å². The van der Waals surface area contributed by atoms with Crippen molar-refractivity contribution in [3.8, 4) is 11.5 Å². The van der Waals surface area contributed by atoms with Crippen molar-refractivity contribution < 1.29 is 32.3 Å². The quantitative estimate of drug-likeness (QED) is 0.448. The number of rotatable bonds is 2. The molecule has 36 heavy (non-hydrogen) atoms. The van der Waals surface area contributed by atoms with Crippen molar-refractivity contribution in [3.05, 3.63) is 58.8 Å². The Bertz CT molecular complexity index is 1500. The Labute approximate surface area is 209 Å². The van der Waals surface area contributed by atoms with Crippen molar-refractivity contribution in [2.24, 2.45) is 5.92 Å². The van der Waals surface area contributed by atoms with Crippen LogP contribution in [0.5, 0.6) is 11.5 Å². The van der Waals surface area contributed by atoms with Crippen molar-refractivity contribution >= 4 is 21.1 Å². The highest BCUT2D eigenvalue weighted by atomic mass is 32.2. The summed E-state index contributed by atoms with van der Waals surface area (Å²) in [6, 6.07) is 12.0. The molecule has 1 saturated heterocycles. The first kappa shape index (κ1) is 22.6. The van der Waals surface area contributed by atoms with Crippen LogP contribution >= 0.6 is 0 Å². The Kier molecular flexibility index (Phi) is 4.55. The van der Waals surface area contributed by atoms with E-state index in [4.69, 9.17) is 13.7 Å². The second-order valence-electron chi connectivity index (χ2n) is 11.1. The summed E-state index contributed by atoms with van der Waals surface area (Å²) in [7, 11) is -3.67. The van der Waals surface area contributed by atoms with Gasteiger partial charge in [0.15, 0.2) is 17.6 Å². The lowest BCUT2D eigenvalue weighted by Gasteiger charge is -2.62. The summed E-state index contributed by atoms with van der Waals surface area (Å²) in [5.74, 6) is 2.34. The fourth-order valence-corrected chi connectivity index (χ4v) is 7.42. The van der Waals surface area contributed by atoms with Crippen molar-refractivity contribution in [1.29, 1.82) is 0 Å². The van der Waals surface area contributed by atoms with Gasteiger partial charge < -0.3 is 19.4 Å². The fourth-order valence-electron chi connectivity index (χ4n) is 7.42. The highest BCUT2D eigenvalue weighted by Crippen LogP contribution is 2.69. The number of hydrogen-bond donors (Lipinski definition) is 3. The number of hydrogen-bond acceptors (Lipinski definition) is 7. The number of phenolic OH excluding ortho intramolecular Hbond substituents is 1. The van der Waals surface area contributed by atoms with Crippen LogP contribution in [0.3, 0.4) is 0 Å². The molecule has 4 atom stereocenters. The first-order chi connectivity index (χ1) is 17.1. The molecule has 8 nitrogen and oxygen atoms in total. The summed E-state index contributed by atoms with van der Waals surface area (Å²) in [6.45, 7) is 2.03. The van der Waals surface area contributed by atoms with Crippen molar-refractivity contribution in [1.82, 2.24) is 4.90 Å². The van der Waals surface area contributed by atoms with Crippen LogP contribution in [0.4, 0.5) is 0 Å². The van der Waals surface area contributed by atoms with Gasteiger partial charge in [-0.05, 0) is 55.8 Å². The molecular formula is C27H29NO7S. The molecule has 3 aliphatic carbocycles. The minimum absolute atomic E-state index is 0.0535.